The van der Waals surface area contributed by atoms with Crippen molar-refractivity contribution in [3.8, 4) is 0 Å². The average molecular weight is 421 g/mol. The van der Waals surface area contributed by atoms with Crippen molar-refractivity contribution in [2.45, 2.75) is 24.3 Å². The van der Waals surface area contributed by atoms with E-state index in [-0.39, 0.29) is 24.6 Å². The van der Waals surface area contributed by atoms with Gasteiger partial charge in [-0.2, -0.15) is 4.31 Å². The number of hydrogen-bond acceptors (Lipinski definition) is 6. The fraction of sp³-hybridized carbons (Fsp3) is 0.421. The summed E-state index contributed by atoms with van der Waals surface area (Å²) in [6.07, 6.45) is 0.695. The maximum absolute atomic E-state index is 12.6. The van der Waals surface area contributed by atoms with Gasteiger partial charge in [0.05, 0.1) is 16.5 Å². The molecule has 0 amide bonds. The quantitative estimate of drug-likeness (QED) is 0.640. The Balaban J connectivity index is 1.60. The summed E-state index contributed by atoms with van der Waals surface area (Å²) >= 11 is 0. The number of sulfonamides is 1. The number of benzene rings is 1. The van der Waals surface area contributed by atoms with Crippen molar-refractivity contribution in [2.75, 3.05) is 13.1 Å². The lowest BCUT2D eigenvalue weighted by atomic mass is 9.98. The summed E-state index contributed by atoms with van der Waals surface area (Å²) in [5.74, 6) is -0.893. The van der Waals surface area contributed by atoms with Gasteiger partial charge in [-0.1, -0.05) is 18.2 Å². The number of ether oxygens (including phenoxy) is 1. The monoisotopic (exact) mass is 421 g/mol. The Labute approximate surface area is 168 Å². The number of esters is 1. The van der Waals surface area contributed by atoms with E-state index in [1.165, 1.54) is 29.0 Å². The molecule has 0 aliphatic carbocycles. The number of aromatic nitrogens is 2. The Kier molecular flexibility index (Phi) is 6.04. The summed E-state index contributed by atoms with van der Waals surface area (Å²) in [6, 6.07) is 9.43. The summed E-state index contributed by atoms with van der Waals surface area (Å²) in [4.78, 5) is 36.3. The highest BCUT2D eigenvalue weighted by Crippen LogP contribution is 2.24. The van der Waals surface area contributed by atoms with E-state index in [0.717, 1.165) is 4.57 Å². The van der Waals surface area contributed by atoms with Gasteiger partial charge in [-0.05, 0) is 25.0 Å². The molecular formula is C19H23N3O6S. The van der Waals surface area contributed by atoms with Crippen molar-refractivity contribution in [3.63, 3.8) is 0 Å². The van der Waals surface area contributed by atoms with Gasteiger partial charge in [0, 0.05) is 33.3 Å². The molecule has 2 aromatic rings. The van der Waals surface area contributed by atoms with Crippen LogP contribution in [-0.4, -0.2) is 40.9 Å². The molecule has 1 fully saturated rings. The fourth-order valence-corrected chi connectivity index (χ4v) is 4.74. The maximum Gasteiger partial charge on any atom is 0.330 e. The number of carbonyl (C=O) groups is 1. The first-order chi connectivity index (χ1) is 13.7. The molecule has 1 aromatic carbocycles. The first-order valence-electron chi connectivity index (χ1n) is 9.19. The van der Waals surface area contributed by atoms with Crippen molar-refractivity contribution in [3.05, 3.63) is 62.9 Å². The van der Waals surface area contributed by atoms with E-state index in [1.807, 2.05) is 0 Å². The first kappa shape index (κ1) is 21.0. The summed E-state index contributed by atoms with van der Waals surface area (Å²) in [6.45, 7) is 0.256. The molecule has 0 N–H and O–H groups in total. The Morgan fingerprint density at radius 2 is 1.69 bits per heavy atom. The second-order valence-corrected chi connectivity index (χ2v) is 8.91. The normalized spacial score (nSPS) is 15.9. The van der Waals surface area contributed by atoms with Crippen LogP contribution in [-0.2, 0) is 40.3 Å². The van der Waals surface area contributed by atoms with Crippen LogP contribution in [0.3, 0.4) is 0 Å². The standard InChI is InChI=1S/C19H23N3O6S/c1-20-15(12-17(23)21(2)19(20)25)13-28-18(24)14-8-10-22(11-9-14)29(26,27)16-6-4-3-5-7-16/h3-7,12,14H,8-11,13H2,1-2H3. The fourth-order valence-electron chi connectivity index (χ4n) is 3.25. The largest absolute Gasteiger partial charge is 0.459 e. The molecule has 1 saturated heterocycles. The predicted molar refractivity (Wildman–Crippen MR) is 105 cm³/mol. The molecule has 0 saturated carbocycles. The third kappa shape index (κ3) is 4.33. The van der Waals surface area contributed by atoms with E-state index < -0.39 is 33.2 Å². The van der Waals surface area contributed by atoms with Crippen LogP contribution in [0.4, 0.5) is 0 Å². The number of rotatable bonds is 5. The minimum absolute atomic E-state index is 0.191. The molecule has 2 heterocycles. The summed E-state index contributed by atoms with van der Waals surface area (Å²) in [5.41, 5.74) is -0.669. The number of hydrogen-bond donors (Lipinski definition) is 0. The van der Waals surface area contributed by atoms with Crippen LogP contribution in [0.15, 0.2) is 50.9 Å². The summed E-state index contributed by atoms with van der Waals surface area (Å²) in [7, 11) is -0.709. The van der Waals surface area contributed by atoms with Crippen LogP contribution in [0.1, 0.15) is 18.5 Å². The Hall–Kier alpha value is -2.72. The second kappa shape index (κ2) is 8.34. The first-order valence-corrected chi connectivity index (χ1v) is 10.6. The van der Waals surface area contributed by atoms with Gasteiger partial charge in [0.15, 0.2) is 0 Å². The van der Waals surface area contributed by atoms with Crippen molar-refractivity contribution in [1.29, 1.82) is 0 Å². The van der Waals surface area contributed by atoms with Crippen LogP contribution in [0.5, 0.6) is 0 Å². The molecule has 9 nitrogen and oxygen atoms in total. The molecule has 29 heavy (non-hydrogen) atoms. The topological polar surface area (TPSA) is 108 Å². The van der Waals surface area contributed by atoms with Crippen LogP contribution in [0.25, 0.3) is 0 Å². The van der Waals surface area contributed by atoms with Gasteiger partial charge < -0.3 is 4.74 Å². The minimum atomic E-state index is -3.58. The highest BCUT2D eigenvalue weighted by Gasteiger charge is 2.32. The zero-order chi connectivity index (χ0) is 21.2. The van der Waals surface area contributed by atoms with E-state index in [1.54, 1.807) is 30.3 Å². The summed E-state index contributed by atoms with van der Waals surface area (Å²) in [5, 5.41) is 0. The lowest BCUT2D eigenvalue weighted by Crippen LogP contribution is -2.41. The van der Waals surface area contributed by atoms with Gasteiger partial charge in [-0.3, -0.25) is 18.7 Å². The number of nitrogens with zero attached hydrogens (tertiary/aromatic N) is 3. The minimum Gasteiger partial charge on any atom is -0.459 e. The van der Waals surface area contributed by atoms with Gasteiger partial charge in [0.2, 0.25) is 10.0 Å². The van der Waals surface area contributed by atoms with E-state index in [2.05, 4.69) is 0 Å². The van der Waals surface area contributed by atoms with Gasteiger partial charge in [-0.15, -0.1) is 0 Å². The molecular weight excluding hydrogens is 398 g/mol. The molecule has 0 bridgehead atoms. The van der Waals surface area contributed by atoms with Crippen molar-refractivity contribution >= 4 is 16.0 Å². The Morgan fingerprint density at radius 1 is 1.07 bits per heavy atom. The van der Waals surface area contributed by atoms with Gasteiger partial charge >= 0.3 is 11.7 Å². The van der Waals surface area contributed by atoms with E-state index in [9.17, 15) is 22.8 Å². The van der Waals surface area contributed by atoms with Crippen molar-refractivity contribution < 1.29 is 17.9 Å². The Morgan fingerprint density at radius 3 is 2.31 bits per heavy atom. The van der Waals surface area contributed by atoms with Crippen LogP contribution < -0.4 is 11.2 Å². The van der Waals surface area contributed by atoms with Crippen molar-refractivity contribution in [2.24, 2.45) is 20.0 Å². The highest BCUT2D eigenvalue weighted by molar-refractivity contribution is 7.89. The molecule has 0 unspecified atom stereocenters. The number of carbonyl (C=O) groups excluding carboxylic acids is 1. The van der Waals surface area contributed by atoms with Crippen LogP contribution in [0.2, 0.25) is 0 Å². The van der Waals surface area contributed by atoms with Gasteiger partial charge in [0.25, 0.3) is 5.56 Å². The molecule has 0 radical (unpaired) electrons. The van der Waals surface area contributed by atoms with Crippen LogP contribution in [0, 0.1) is 5.92 Å². The SMILES string of the molecule is Cn1c(COC(=O)C2CCN(S(=O)(=O)c3ccccc3)CC2)cc(=O)n(C)c1=O. The van der Waals surface area contributed by atoms with E-state index in [0.29, 0.717) is 18.5 Å². The van der Waals surface area contributed by atoms with Gasteiger partial charge in [-0.25, -0.2) is 13.2 Å². The lowest BCUT2D eigenvalue weighted by molar-refractivity contribution is -0.151. The molecule has 156 valence electrons. The van der Waals surface area contributed by atoms with Crippen molar-refractivity contribution in [1.82, 2.24) is 13.4 Å². The lowest BCUT2D eigenvalue weighted by Gasteiger charge is -2.30. The molecule has 0 spiro atoms. The van der Waals surface area contributed by atoms with Crippen LogP contribution >= 0.6 is 0 Å². The third-order valence-electron chi connectivity index (χ3n) is 5.16. The molecule has 1 aliphatic rings. The molecule has 3 rings (SSSR count). The second-order valence-electron chi connectivity index (χ2n) is 6.97. The molecule has 1 aliphatic heterocycles. The average Bonchev–Trinajstić information content (AvgIpc) is 2.74. The smallest absolute Gasteiger partial charge is 0.330 e. The van der Waals surface area contributed by atoms with Gasteiger partial charge in [0.1, 0.15) is 6.61 Å². The Bertz CT molecular complexity index is 1110. The molecule has 0 atom stereocenters. The zero-order valence-electron chi connectivity index (χ0n) is 16.3. The zero-order valence-corrected chi connectivity index (χ0v) is 17.1. The summed E-state index contributed by atoms with van der Waals surface area (Å²) < 4.78 is 34.2. The predicted octanol–water partition coefficient (Wildman–Crippen LogP) is 0.228. The third-order valence-corrected chi connectivity index (χ3v) is 7.07. The molecule has 1 aromatic heterocycles. The maximum atomic E-state index is 12.6. The van der Waals surface area contributed by atoms with E-state index >= 15 is 0 Å². The number of piperidine rings is 1. The highest BCUT2D eigenvalue weighted by atomic mass is 32.2. The molecule has 10 heteroatoms. The van der Waals surface area contributed by atoms with E-state index in [4.69, 9.17) is 4.74 Å².